The average Bonchev–Trinajstić information content (AvgIpc) is 2.87. The first-order valence-electron chi connectivity index (χ1n) is 6.39. The summed E-state index contributed by atoms with van der Waals surface area (Å²) in [5.41, 5.74) is 7.37. The van der Waals surface area contributed by atoms with E-state index in [0.29, 0.717) is 11.3 Å². The summed E-state index contributed by atoms with van der Waals surface area (Å²) in [6, 6.07) is 0. The zero-order chi connectivity index (χ0) is 12.5. The lowest BCUT2D eigenvalue weighted by Crippen LogP contribution is -2.31. The summed E-state index contributed by atoms with van der Waals surface area (Å²) in [5, 5.41) is 3.45. The first kappa shape index (κ1) is 19.1. The molecule has 1 aliphatic rings. The van der Waals surface area contributed by atoms with Gasteiger partial charge in [-0.3, -0.25) is 4.90 Å². The number of likely N-dealkylation sites (tertiary alicyclic amines) is 1. The van der Waals surface area contributed by atoms with Crippen LogP contribution < -0.4 is 5.73 Å². The van der Waals surface area contributed by atoms with E-state index >= 15 is 0 Å². The van der Waals surface area contributed by atoms with Gasteiger partial charge in [0.1, 0.15) is 0 Å². The van der Waals surface area contributed by atoms with Crippen molar-refractivity contribution in [2.24, 2.45) is 11.1 Å². The van der Waals surface area contributed by atoms with Crippen LogP contribution in [0.4, 0.5) is 0 Å². The van der Waals surface area contributed by atoms with Gasteiger partial charge in [0.2, 0.25) is 0 Å². The molecule has 1 aromatic rings. The highest BCUT2D eigenvalue weighted by Crippen LogP contribution is 2.30. The summed E-state index contributed by atoms with van der Waals surface area (Å²) in [4.78, 5) is 7.17. The molecule has 1 fully saturated rings. The maximum absolute atomic E-state index is 5.83. The number of hydrogen-bond donors (Lipinski definition) is 1. The molecule has 1 aliphatic heterocycles. The lowest BCUT2D eigenvalue weighted by atomic mass is 9.90. The summed E-state index contributed by atoms with van der Waals surface area (Å²) in [7, 11) is 0. The summed E-state index contributed by atoms with van der Waals surface area (Å²) in [6.07, 6.45) is 1.21. The lowest BCUT2D eigenvalue weighted by molar-refractivity contribution is 0.272. The molecule has 1 aromatic heterocycles. The Morgan fingerprint density at radius 2 is 2.16 bits per heavy atom. The third-order valence-corrected chi connectivity index (χ3v) is 4.77. The normalized spacial score (nSPS) is 23.2. The van der Waals surface area contributed by atoms with Gasteiger partial charge >= 0.3 is 0 Å². The molecule has 1 unspecified atom stereocenters. The molecule has 0 aliphatic carbocycles. The molecule has 2 heterocycles. The van der Waals surface area contributed by atoms with E-state index in [9.17, 15) is 0 Å². The highest BCUT2D eigenvalue weighted by molar-refractivity contribution is 7.09. The van der Waals surface area contributed by atoms with Crippen LogP contribution in [0.25, 0.3) is 0 Å². The molecular formula is C13H25Cl2N3S. The second-order valence-corrected chi connectivity index (χ2v) is 6.70. The van der Waals surface area contributed by atoms with Gasteiger partial charge in [0.25, 0.3) is 0 Å². The smallest absolute Gasteiger partial charge is 0.0954 e. The summed E-state index contributed by atoms with van der Waals surface area (Å²) >= 11 is 1.78. The third kappa shape index (κ3) is 4.87. The Balaban J connectivity index is 0.00000162. The predicted molar refractivity (Wildman–Crippen MR) is 87.8 cm³/mol. The second-order valence-electron chi connectivity index (χ2n) is 5.81. The SMILES string of the molecule is CC(C)c1nc(CN2CCC(C)(CN)C2)cs1.Cl.Cl. The third-order valence-electron chi connectivity index (χ3n) is 3.58. The van der Waals surface area contributed by atoms with E-state index in [2.05, 4.69) is 31.1 Å². The number of thiazole rings is 1. The van der Waals surface area contributed by atoms with Gasteiger partial charge in [0.05, 0.1) is 10.7 Å². The zero-order valence-electron chi connectivity index (χ0n) is 11.9. The van der Waals surface area contributed by atoms with Gasteiger partial charge in [-0.2, -0.15) is 0 Å². The highest BCUT2D eigenvalue weighted by Gasteiger charge is 2.32. The molecule has 1 atom stereocenters. The molecule has 2 rings (SSSR count). The number of nitrogens with zero attached hydrogens (tertiary/aromatic N) is 2. The average molecular weight is 326 g/mol. The van der Waals surface area contributed by atoms with Crippen LogP contribution in [0.2, 0.25) is 0 Å². The van der Waals surface area contributed by atoms with E-state index < -0.39 is 0 Å². The predicted octanol–water partition coefficient (Wildman–Crippen LogP) is 3.28. The summed E-state index contributed by atoms with van der Waals surface area (Å²) < 4.78 is 0. The Kier molecular flexibility index (Phi) is 7.85. The van der Waals surface area contributed by atoms with Crippen molar-refractivity contribution >= 4 is 36.2 Å². The van der Waals surface area contributed by atoms with E-state index in [1.807, 2.05) is 0 Å². The van der Waals surface area contributed by atoms with Crippen LogP contribution in [0.1, 0.15) is 43.8 Å². The van der Waals surface area contributed by atoms with E-state index in [1.54, 1.807) is 11.3 Å². The first-order valence-corrected chi connectivity index (χ1v) is 7.27. The van der Waals surface area contributed by atoms with Crippen molar-refractivity contribution in [2.45, 2.75) is 39.7 Å². The second kappa shape index (κ2) is 7.79. The van der Waals surface area contributed by atoms with Gasteiger partial charge in [-0.15, -0.1) is 36.2 Å². The number of aromatic nitrogens is 1. The minimum Gasteiger partial charge on any atom is -0.330 e. The van der Waals surface area contributed by atoms with Gasteiger partial charge in [0.15, 0.2) is 0 Å². The maximum Gasteiger partial charge on any atom is 0.0954 e. The van der Waals surface area contributed by atoms with Crippen LogP contribution in [0.15, 0.2) is 5.38 Å². The molecule has 0 radical (unpaired) electrons. The summed E-state index contributed by atoms with van der Waals surface area (Å²) in [6.45, 7) is 10.7. The number of halogens is 2. The maximum atomic E-state index is 5.83. The van der Waals surface area contributed by atoms with Crippen molar-refractivity contribution in [1.29, 1.82) is 0 Å². The van der Waals surface area contributed by atoms with Gasteiger partial charge in [-0.1, -0.05) is 20.8 Å². The number of rotatable bonds is 4. The number of hydrogen-bond acceptors (Lipinski definition) is 4. The molecule has 0 bridgehead atoms. The van der Waals surface area contributed by atoms with Crippen LogP contribution in [-0.4, -0.2) is 29.5 Å². The van der Waals surface area contributed by atoms with E-state index in [-0.39, 0.29) is 24.8 Å². The van der Waals surface area contributed by atoms with Crippen LogP contribution in [0.3, 0.4) is 0 Å². The van der Waals surface area contributed by atoms with Crippen molar-refractivity contribution in [3.63, 3.8) is 0 Å². The Bertz CT molecular complexity index is 384. The van der Waals surface area contributed by atoms with Crippen LogP contribution in [0, 0.1) is 5.41 Å². The van der Waals surface area contributed by atoms with Crippen molar-refractivity contribution in [2.75, 3.05) is 19.6 Å². The molecule has 3 nitrogen and oxygen atoms in total. The molecule has 0 amide bonds. The summed E-state index contributed by atoms with van der Waals surface area (Å²) in [5.74, 6) is 0.543. The monoisotopic (exact) mass is 325 g/mol. The molecule has 1 saturated heterocycles. The molecule has 6 heteroatoms. The van der Waals surface area contributed by atoms with Crippen LogP contribution in [-0.2, 0) is 6.54 Å². The van der Waals surface area contributed by atoms with Crippen LogP contribution >= 0.6 is 36.2 Å². The fraction of sp³-hybridized carbons (Fsp3) is 0.769. The van der Waals surface area contributed by atoms with Crippen molar-refractivity contribution in [1.82, 2.24) is 9.88 Å². The lowest BCUT2D eigenvalue weighted by Gasteiger charge is -2.22. The van der Waals surface area contributed by atoms with Crippen molar-refractivity contribution in [3.8, 4) is 0 Å². The Morgan fingerprint density at radius 1 is 1.47 bits per heavy atom. The van der Waals surface area contributed by atoms with Gasteiger partial charge < -0.3 is 5.73 Å². The minimum absolute atomic E-state index is 0. The van der Waals surface area contributed by atoms with E-state index in [1.165, 1.54) is 17.1 Å². The molecule has 0 saturated carbocycles. The molecule has 2 N–H and O–H groups in total. The molecular weight excluding hydrogens is 301 g/mol. The minimum atomic E-state index is 0. The van der Waals surface area contributed by atoms with Gasteiger partial charge in [-0.25, -0.2) is 4.98 Å². The zero-order valence-corrected chi connectivity index (χ0v) is 14.3. The highest BCUT2D eigenvalue weighted by atomic mass is 35.5. The largest absolute Gasteiger partial charge is 0.330 e. The van der Waals surface area contributed by atoms with E-state index in [0.717, 1.165) is 26.2 Å². The van der Waals surface area contributed by atoms with Gasteiger partial charge in [0, 0.05) is 24.4 Å². The van der Waals surface area contributed by atoms with Crippen molar-refractivity contribution in [3.05, 3.63) is 16.1 Å². The fourth-order valence-electron chi connectivity index (χ4n) is 2.32. The Morgan fingerprint density at radius 3 is 2.63 bits per heavy atom. The quantitative estimate of drug-likeness (QED) is 0.923. The molecule has 112 valence electrons. The number of nitrogens with two attached hydrogens (primary N) is 1. The Labute approximate surface area is 132 Å². The Hall–Kier alpha value is 0.130. The van der Waals surface area contributed by atoms with Crippen LogP contribution in [0.5, 0.6) is 0 Å². The van der Waals surface area contributed by atoms with Crippen molar-refractivity contribution < 1.29 is 0 Å². The van der Waals surface area contributed by atoms with E-state index in [4.69, 9.17) is 10.7 Å². The fourth-order valence-corrected chi connectivity index (χ4v) is 3.14. The molecule has 19 heavy (non-hydrogen) atoms. The molecule has 0 spiro atoms. The standard InChI is InChI=1S/C13H23N3S.2ClH/c1-10(2)12-15-11(7-17-12)6-16-5-4-13(3,8-14)9-16;;/h7,10H,4-6,8-9,14H2,1-3H3;2*1H. The topological polar surface area (TPSA) is 42.2 Å². The first-order chi connectivity index (χ1) is 8.02. The van der Waals surface area contributed by atoms with Gasteiger partial charge in [-0.05, 0) is 24.9 Å². The molecule has 0 aromatic carbocycles.